The maximum atomic E-state index is 12.2. The van der Waals surface area contributed by atoms with Gasteiger partial charge in [-0.1, -0.05) is 0 Å². The van der Waals surface area contributed by atoms with Crippen molar-refractivity contribution in [3.8, 4) is 10.6 Å². The molecule has 7 heteroatoms. The van der Waals surface area contributed by atoms with Gasteiger partial charge in [0.05, 0.1) is 0 Å². The van der Waals surface area contributed by atoms with Crippen molar-refractivity contribution in [2.45, 2.75) is 13.0 Å². The molecule has 0 radical (unpaired) electrons. The number of thiazole rings is 1. The number of amides is 2. The summed E-state index contributed by atoms with van der Waals surface area (Å²) in [6.45, 7) is 1.88. The SMILES string of the molecule is C[C@@H](C[S@](C)=O)N(C)C(=O)Nc1ccc(-c2nccs2)cc1. The molecular weight excluding hydrogens is 318 g/mol. The van der Waals surface area contributed by atoms with E-state index in [0.29, 0.717) is 5.75 Å². The number of nitrogens with one attached hydrogen (secondary N) is 1. The second-order valence-electron chi connectivity index (χ2n) is 5.04. The average Bonchev–Trinajstić information content (AvgIpc) is 3.00. The highest BCUT2D eigenvalue weighted by molar-refractivity contribution is 7.84. The summed E-state index contributed by atoms with van der Waals surface area (Å²) in [4.78, 5) is 18.0. The van der Waals surface area contributed by atoms with Crippen molar-refractivity contribution in [2.24, 2.45) is 0 Å². The topological polar surface area (TPSA) is 62.3 Å². The van der Waals surface area contributed by atoms with E-state index in [-0.39, 0.29) is 12.1 Å². The van der Waals surface area contributed by atoms with E-state index in [2.05, 4.69) is 10.3 Å². The normalized spacial score (nSPS) is 13.4. The summed E-state index contributed by atoms with van der Waals surface area (Å²) in [6.07, 6.45) is 3.41. The van der Waals surface area contributed by atoms with Crippen molar-refractivity contribution < 1.29 is 9.00 Å². The second-order valence-corrected chi connectivity index (χ2v) is 7.42. The van der Waals surface area contributed by atoms with Gasteiger partial charge in [-0.3, -0.25) is 4.21 Å². The van der Waals surface area contributed by atoms with Crippen molar-refractivity contribution in [3.63, 3.8) is 0 Å². The molecule has 2 rings (SSSR count). The predicted molar refractivity (Wildman–Crippen MR) is 92.7 cm³/mol. The third-order valence-electron chi connectivity index (χ3n) is 3.27. The van der Waals surface area contributed by atoms with Gasteiger partial charge in [0.25, 0.3) is 0 Å². The molecule has 0 aliphatic carbocycles. The Bertz CT molecular complexity index is 641. The monoisotopic (exact) mass is 337 g/mol. The third kappa shape index (κ3) is 4.38. The van der Waals surface area contributed by atoms with Crippen LogP contribution in [0.3, 0.4) is 0 Å². The first-order valence-corrected chi connectivity index (χ1v) is 9.42. The minimum absolute atomic E-state index is 0.0829. The van der Waals surface area contributed by atoms with E-state index in [1.165, 1.54) is 0 Å². The van der Waals surface area contributed by atoms with E-state index in [1.807, 2.05) is 36.6 Å². The van der Waals surface area contributed by atoms with Gasteiger partial charge in [0.2, 0.25) is 0 Å². The van der Waals surface area contributed by atoms with E-state index in [4.69, 9.17) is 0 Å². The second kappa shape index (κ2) is 7.51. The van der Waals surface area contributed by atoms with Gasteiger partial charge < -0.3 is 10.2 Å². The summed E-state index contributed by atoms with van der Waals surface area (Å²) in [6, 6.07) is 7.27. The van der Waals surface area contributed by atoms with E-state index >= 15 is 0 Å². The third-order valence-corrected chi connectivity index (χ3v) is 5.05. The van der Waals surface area contributed by atoms with Gasteiger partial charge >= 0.3 is 6.03 Å². The number of urea groups is 1. The molecule has 0 saturated carbocycles. The quantitative estimate of drug-likeness (QED) is 0.912. The predicted octanol–water partition coefficient (Wildman–Crippen LogP) is 3.04. The smallest absolute Gasteiger partial charge is 0.321 e. The molecular formula is C15H19N3O2S2. The zero-order chi connectivity index (χ0) is 16.1. The van der Waals surface area contributed by atoms with Crippen LogP contribution >= 0.6 is 11.3 Å². The number of carbonyl (C=O) groups excluding carboxylic acids is 1. The summed E-state index contributed by atoms with van der Waals surface area (Å²) in [5.74, 6) is 0.465. The Morgan fingerprint density at radius 1 is 1.41 bits per heavy atom. The zero-order valence-corrected chi connectivity index (χ0v) is 14.4. The molecule has 22 heavy (non-hydrogen) atoms. The highest BCUT2D eigenvalue weighted by Gasteiger charge is 2.16. The fourth-order valence-electron chi connectivity index (χ4n) is 1.93. The minimum atomic E-state index is -0.927. The van der Waals surface area contributed by atoms with Crippen LogP contribution in [0.2, 0.25) is 0 Å². The molecule has 0 bridgehead atoms. The number of hydrogen-bond donors (Lipinski definition) is 1. The summed E-state index contributed by atoms with van der Waals surface area (Å²) in [7, 11) is 0.778. The Balaban J connectivity index is 1.98. The molecule has 5 nitrogen and oxygen atoms in total. The molecule has 1 aromatic heterocycles. The molecule has 0 spiro atoms. The molecule has 2 atom stereocenters. The summed E-state index contributed by atoms with van der Waals surface area (Å²) < 4.78 is 11.2. The summed E-state index contributed by atoms with van der Waals surface area (Å²) >= 11 is 1.57. The Labute approximate surface area is 136 Å². The number of nitrogens with zero attached hydrogens (tertiary/aromatic N) is 2. The first-order chi connectivity index (χ1) is 10.5. The maximum absolute atomic E-state index is 12.2. The average molecular weight is 337 g/mol. The van der Waals surface area contributed by atoms with Crippen LogP contribution in [0.4, 0.5) is 10.5 Å². The van der Waals surface area contributed by atoms with Crippen molar-refractivity contribution >= 4 is 33.9 Å². The van der Waals surface area contributed by atoms with Gasteiger partial charge in [0, 0.05) is 58.7 Å². The highest BCUT2D eigenvalue weighted by Crippen LogP contribution is 2.23. The lowest BCUT2D eigenvalue weighted by molar-refractivity contribution is 0.212. The molecule has 0 unspecified atom stereocenters. The van der Waals surface area contributed by atoms with Crippen LogP contribution in [-0.2, 0) is 10.8 Å². The van der Waals surface area contributed by atoms with Gasteiger partial charge in [0.15, 0.2) is 0 Å². The molecule has 0 aliphatic rings. The molecule has 118 valence electrons. The largest absolute Gasteiger partial charge is 0.324 e. The van der Waals surface area contributed by atoms with E-state index in [9.17, 15) is 9.00 Å². The van der Waals surface area contributed by atoms with Crippen LogP contribution < -0.4 is 5.32 Å². The number of carbonyl (C=O) groups is 1. The molecule has 2 aromatic rings. The van der Waals surface area contributed by atoms with E-state index in [0.717, 1.165) is 16.3 Å². The number of rotatable bonds is 5. The van der Waals surface area contributed by atoms with Crippen molar-refractivity contribution in [2.75, 3.05) is 24.4 Å². The summed E-state index contributed by atoms with van der Waals surface area (Å²) in [5.41, 5.74) is 1.75. The lowest BCUT2D eigenvalue weighted by Gasteiger charge is -2.24. The first-order valence-electron chi connectivity index (χ1n) is 6.81. The molecule has 1 aromatic carbocycles. The minimum Gasteiger partial charge on any atom is -0.324 e. The first kappa shape index (κ1) is 16.6. The van der Waals surface area contributed by atoms with E-state index < -0.39 is 10.8 Å². The van der Waals surface area contributed by atoms with Crippen LogP contribution in [-0.4, -0.2) is 45.2 Å². The Hall–Kier alpha value is -1.73. The molecule has 2 amide bonds. The molecule has 0 aliphatic heterocycles. The fraction of sp³-hybridized carbons (Fsp3) is 0.333. The van der Waals surface area contributed by atoms with Crippen LogP contribution in [0.15, 0.2) is 35.8 Å². The zero-order valence-electron chi connectivity index (χ0n) is 12.8. The Morgan fingerprint density at radius 3 is 2.64 bits per heavy atom. The van der Waals surface area contributed by atoms with Crippen molar-refractivity contribution in [1.82, 2.24) is 9.88 Å². The number of benzene rings is 1. The van der Waals surface area contributed by atoms with Crippen molar-refractivity contribution in [3.05, 3.63) is 35.8 Å². The van der Waals surface area contributed by atoms with Gasteiger partial charge in [-0.2, -0.15) is 0 Å². The number of aromatic nitrogens is 1. The Morgan fingerprint density at radius 2 is 2.09 bits per heavy atom. The number of hydrogen-bond acceptors (Lipinski definition) is 4. The fourth-order valence-corrected chi connectivity index (χ4v) is 3.47. The molecule has 1 N–H and O–H groups in total. The summed E-state index contributed by atoms with van der Waals surface area (Å²) in [5, 5.41) is 5.72. The molecule has 0 fully saturated rings. The van der Waals surface area contributed by atoms with Gasteiger partial charge in [-0.15, -0.1) is 11.3 Å². The van der Waals surface area contributed by atoms with Crippen molar-refractivity contribution in [1.29, 1.82) is 0 Å². The van der Waals surface area contributed by atoms with Gasteiger partial charge in [-0.05, 0) is 31.2 Å². The van der Waals surface area contributed by atoms with Crippen LogP contribution in [0.1, 0.15) is 6.92 Å². The lowest BCUT2D eigenvalue weighted by atomic mass is 10.2. The lowest BCUT2D eigenvalue weighted by Crippen LogP contribution is -2.40. The van der Waals surface area contributed by atoms with Crippen LogP contribution in [0.25, 0.3) is 10.6 Å². The number of anilines is 1. The van der Waals surface area contributed by atoms with Gasteiger partial charge in [-0.25, -0.2) is 9.78 Å². The van der Waals surface area contributed by atoms with Crippen LogP contribution in [0.5, 0.6) is 0 Å². The molecule has 0 saturated heterocycles. The standard InChI is InChI=1S/C15H19N3O2S2/c1-11(10-22(3)20)18(2)15(19)17-13-6-4-12(5-7-13)14-16-8-9-21-14/h4-9,11H,10H2,1-3H3,(H,17,19)/t11-,22-/m0/s1. The van der Waals surface area contributed by atoms with Gasteiger partial charge in [0.1, 0.15) is 5.01 Å². The highest BCUT2D eigenvalue weighted by atomic mass is 32.2. The van der Waals surface area contributed by atoms with E-state index in [1.54, 1.807) is 35.7 Å². The maximum Gasteiger partial charge on any atom is 0.321 e. The Kier molecular flexibility index (Phi) is 5.68. The molecule has 1 heterocycles. The van der Waals surface area contributed by atoms with Crippen LogP contribution in [0, 0.1) is 0 Å².